The molecular weight excluding hydrogens is 256 g/mol. The van der Waals surface area contributed by atoms with E-state index in [2.05, 4.69) is 0 Å². The Morgan fingerprint density at radius 2 is 2.00 bits per heavy atom. The minimum Gasteiger partial charge on any atom is -0.349 e. The summed E-state index contributed by atoms with van der Waals surface area (Å²) in [7, 11) is 0. The highest BCUT2D eigenvalue weighted by atomic mass is 16.6. The molecule has 0 saturated carbocycles. The molecule has 1 aromatic carbocycles. The maximum atomic E-state index is 11.6. The van der Waals surface area contributed by atoms with Crippen LogP contribution in [0.5, 0.6) is 0 Å². The molecule has 0 unspecified atom stereocenters. The average molecular weight is 272 g/mol. The Bertz CT molecular complexity index is 705. The van der Waals surface area contributed by atoms with Gasteiger partial charge in [0.05, 0.1) is 4.92 Å². The van der Waals surface area contributed by atoms with Gasteiger partial charge in [0.2, 0.25) is 0 Å². The van der Waals surface area contributed by atoms with Crippen LogP contribution in [0.1, 0.15) is 23.6 Å². The van der Waals surface area contributed by atoms with Crippen LogP contribution in [-0.2, 0) is 13.0 Å². The second-order valence-corrected chi connectivity index (χ2v) is 4.68. The van der Waals surface area contributed by atoms with Gasteiger partial charge in [-0.15, -0.1) is 0 Å². The summed E-state index contributed by atoms with van der Waals surface area (Å²) in [5, 5.41) is 10.9. The van der Waals surface area contributed by atoms with Crippen molar-refractivity contribution in [2.45, 2.75) is 26.8 Å². The molecule has 0 bridgehead atoms. The molecule has 0 fully saturated rings. The van der Waals surface area contributed by atoms with Crippen LogP contribution >= 0.6 is 0 Å². The Labute approximate surface area is 116 Å². The molecule has 0 amide bonds. The van der Waals surface area contributed by atoms with E-state index in [0.29, 0.717) is 18.5 Å². The molecule has 0 atom stereocenters. The van der Waals surface area contributed by atoms with E-state index >= 15 is 0 Å². The summed E-state index contributed by atoms with van der Waals surface area (Å²) in [4.78, 5) is 22.1. The van der Waals surface area contributed by atoms with Crippen LogP contribution in [-0.4, -0.2) is 9.49 Å². The average Bonchev–Trinajstić information content (AvgIpc) is 2.42. The number of rotatable bonds is 4. The zero-order chi connectivity index (χ0) is 14.7. The van der Waals surface area contributed by atoms with Gasteiger partial charge in [-0.2, -0.15) is 0 Å². The van der Waals surface area contributed by atoms with E-state index in [9.17, 15) is 14.9 Å². The summed E-state index contributed by atoms with van der Waals surface area (Å²) in [6.07, 6.45) is 4.19. The Morgan fingerprint density at radius 3 is 2.65 bits per heavy atom. The van der Waals surface area contributed by atoms with Crippen molar-refractivity contribution >= 4 is 5.69 Å². The van der Waals surface area contributed by atoms with Crippen molar-refractivity contribution in [3.8, 4) is 0 Å². The lowest BCUT2D eigenvalue weighted by atomic mass is 10.1. The Morgan fingerprint density at radius 1 is 1.25 bits per heavy atom. The first-order valence-corrected chi connectivity index (χ1v) is 6.44. The molecule has 0 N–H and O–H groups in total. The fourth-order valence-corrected chi connectivity index (χ4v) is 2.18. The number of pyridine rings is 1. The predicted octanol–water partition coefficient (Wildman–Crippen LogP) is 2.68. The number of hydrogen-bond acceptors (Lipinski definition) is 3. The van der Waals surface area contributed by atoms with Crippen molar-refractivity contribution in [1.82, 2.24) is 4.57 Å². The molecule has 5 nitrogen and oxygen atoms in total. The maximum Gasteiger partial charge on any atom is 0.272 e. The SMILES string of the molecule is CCc1cn(Cc2cccc([N+](=O)[O-])c2C)ccc1=O. The van der Waals surface area contributed by atoms with Gasteiger partial charge in [0.25, 0.3) is 5.69 Å². The van der Waals surface area contributed by atoms with Gasteiger partial charge in [0.15, 0.2) is 5.43 Å². The normalized spacial score (nSPS) is 10.5. The quantitative estimate of drug-likeness (QED) is 0.635. The fourth-order valence-electron chi connectivity index (χ4n) is 2.18. The minimum absolute atomic E-state index is 0.0273. The van der Waals surface area contributed by atoms with Gasteiger partial charge >= 0.3 is 0 Å². The van der Waals surface area contributed by atoms with E-state index in [1.807, 2.05) is 17.6 Å². The summed E-state index contributed by atoms with van der Waals surface area (Å²) >= 11 is 0. The lowest BCUT2D eigenvalue weighted by Crippen LogP contribution is -2.12. The number of nitrogens with zero attached hydrogens (tertiary/aromatic N) is 2. The molecule has 0 aliphatic heterocycles. The van der Waals surface area contributed by atoms with E-state index in [-0.39, 0.29) is 16.0 Å². The number of benzene rings is 1. The monoisotopic (exact) mass is 272 g/mol. The largest absolute Gasteiger partial charge is 0.349 e. The van der Waals surface area contributed by atoms with Crippen LogP contribution in [0.4, 0.5) is 5.69 Å². The number of hydrogen-bond donors (Lipinski definition) is 0. The number of nitro benzene ring substituents is 1. The first-order chi connectivity index (χ1) is 9.52. The van der Waals surface area contributed by atoms with Gasteiger partial charge in [0.1, 0.15) is 0 Å². The standard InChI is InChI=1S/C15H16N2O3/c1-3-12-9-16(8-7-15(12)18)10-13-5-4-6-14(11(13)2)17(19)20/h4-9H,3,10H2,1-2H3. The molecule has 0 saturated heterocycles. The molecule has 2 rings (SSSR count). The number of aryl methyl sites for hydroxylation is 1. The van der Waals surface area contributed by atoms with Crippen molar-refractivity contribution < 1.29 is 4.92 Å². The van der Waals surface area contributed by atoms with Crippen molar-refractivity contribution in [3.05, 3.63) is 73.7 Å². The van der Waals surface area contributed by atoms with Crippen LogP contribution in [0.15, 0.2) is 41.5 Å². The molecule has 2 aromatic rings. The summed E-state index contributed by atoms with van der Waals surface area (Å²) in [5.41, 5.74) is 2.44. The molecule has 104 valence electrons. The van der Waals surface area contributed by atoms with E-state index in [0.717, 1.165) is 11.1 Å². The first-order valence-electron chi connectivity index (χ1n) is 6.44. The minimum atomic E-state index is -0.373. The van der Waals surface area contributed by atoms with E-state index in [1.54, 1.807) is 25.4 Å². The summed E-state index contributed by atoms with van der Waals surface area (Å²) < 4.78 is 1.88. The molecule has 1 aromatic heterocycles. The summed E-state index contributed by atoms with van der Waals surface area (Å²) in [5.74, 6) is 0. The molecule has 0 spiro atoms. The molecule has 0 aliphatic rings. The number of aromatic nitrogens is 1. The van der Waals surface area contributed by atoms with E-state index in [4.69, 9.17) is 0 Å². The molecule has 0 radical (unpaired) electrons. The lowest BCUT2D eigenvalue weighted by molar-refractivity contribution is -0.385. The highest BCUT2D eigenvalue weighted by Crippen LogP contribution is 2.21. The second-order valence-electron chi connectivity index (χ2n) is 4.68. The third-order valence-corrected chi connectivity index (χ3v) is 3.40. The van der Waals surface area contributed by atoms with Crippen LogP contribution in [0, 0.1) is 17.0 Å². The molecule has 5 heteroatoms. The lowest BCUT2D eigenvalue weighted by Gasteiger charge is -2.10. The summed E-state index contributed by atoms with van der Waals surface area (Å²) in [6.45, 7) is 4.19. The zero-order valence-electron chi connectivity index (χ0n) is 11.5. The topological polar surface area (TPSA) is 65.1 Å². The third kappa shape index (κ3) is 2.77. The van der Waals surface area contributed by atoms with Gasteiger partial charge in [-0.1, -0.05) is 19.1 Å². The highest BCUT2D eigenvalue weighted by Gasteiger charge is 2.13. The first kappa shape index (κ1) is 14.0. The highest BCUT2D eigenvalue weighted by molar-refractivity contribution is 5.44. The van der Waals surface area contributed by atoms with Gasteiger partial charge in [0, 0.05) is 42.2 Å². The smallest absolute Gasteiger partial charge is 0.272 e. The molecular formula is C15H16N2O3. The summed E-state index contributed by atoms with van der Waals surface area (Å²) in [6, 6.07) is 6.59. The van der Waals surface area contributed by atoms with Crippen molar-refractivity contribution in [2.24, 2.45) is 0 Å². The van der Waals surface area contributed by atoms with Crippen LogP contribution in [0.2, 0.25) is 0 Å². The molecule has 20 heavy (non-hydrogen) atoms. The molecule has 1 heterocycles. The van der Waals surface area contributed by atoms with Gasteiger partial charge in [-0.05, 0) is 18.9 Å². The maximum absolute atomic E-state index is 11.6. The van der Waals surface area contributed by atoms with Gasteiger partial charge in [-0.25, -0.2) is 0 Å². The second kappa shape index (κ2) is 5.69. The van der Waals surface area contributed by atoms with Gasteiger partial charge in [-0.3, -0.25) is 14.9 Å². The van der Waals surface area contributed by atoms with Crippen molar-refractivity contribution in [2.75, 3.05) is 0 Å². The number of nitro groups is 1. The predicted molar refractivity (Wildman–Crippen MR) is 77.0 cm³/mol. The van der Waals surface area contributed by atoms with Crippen molar-refractivity contribution in [3.63, 3.8) is 0 Å². The van der Waals surface area contributed by atoms with Crippen LogP contribution in [0.3, 0.4) is 0 Å². The Kier molecular flexibility index (Phi) is 3.98. The van der Waals surface area contributed by atoms with E-state index < -0.39 is 0 Å². The van der Waals surface area contributed by atoms with Gasteiger partial charge < -0.3 is 4.57 Å². The Balaban J connectivity index is 2.38. The molecule has 0 aliphatic carbocycles. The van der Waals surface area contributed by atoms with Crippen molar-refractivity contribution in [1.29, 1.82) is 0 Å². The fraction of sp³-hybridized carbons (Fsp3) is 0.267. The zero-order valence-corrected chi connectivity index (χ0v) is 11.5. The van der Waals surface area contributed by atoms with Crippen LogP contribution in [0.25, 0.3) is 0 Å². The van der Waals surface area contributed by atoms with Crippen LogP contribution < -0.4 is 5.43 Å². The van der Waals surface area contributed by atoms with E-state index in [1.165, 1.54) is 12.1 Å². The third-order valence-electron chi connectivity index (χ3n) is 3.40. The Hall–Kier alpha value is -2.43.